The first kappa shape index (κ1) is 19.8. The van der Waals surface area contributed by atoms with E-state index in [9.17, 15) is 0 Å². The van der Waals surface area contributed by atoms with Gasteiger partial charge in [0, 0.05) is 56.8 Å². The van der Waals surface area contributed by atoms with E-state index in [4.69, 9.17) is 21.9 Å². The molecule has 2 N–H and O–H groups in total. The van der Waals surface area contributed by atoms with E-state index in [1.54, 1.807) is 0 Å². The van der Waals surface area contributed by atoms with Crippen LogP contribution in [0.1, 0.15) is 18.5 Å². The second kappa shape index (κ2) is 9.37. The predicted molar refractivity (Wildman–Crippen MR) is 121 cm³/mol. The predicted octanol–water partition coefficient (Wildman–Crippen LogP) is 2.58. The summed E-state index contributed by atoms with van der Waals surface area (Å²) in [5, 5.41) is 6.87. The maximum atomic E-state index is 5.62. The molecule has 0 radical (unpaired) electrons. The number of ether oxygens (including phenoxy) is 1. The molecule has 1 aromatic heterocycles. The quantitative estimate of drug-likeness (QED) is 0.727. The van der Waals surface area contributed by atoms with E-state index in [-0.39, 0.29) is 6.10 Å². The Labute approximate surface area is 177 Å². The van der Waals surface area contributed by atoms with Crippen LogP contribution in [0, 0.1) is 6.92 Å². The molecule has 8 heteroatoms. The van der Waals surface area contributed by atoms with Crippen LogP contribution in [-0.2, 0) is 4.74 Å². The molecule has 1 aromatic carbocycles. The number of hydrogen-bond acceptors (Lipinski definition) is 6. The van der Waals surface area contributed by atoms with Gasteiger partial charge in [-0.3, -0.25) is 0 Å². The number of benzene rings is 1. The van der Waals surface area contributed by atoms with Crippen molar-refractivity contribution in [2.45, 2.75) is 25.9 Å². The summed E-state index contributed by atoms with van der Waals surface area (Å²) in [5.74, 6) is 1.48. The average molecular weight is 413 g/mol. The maximum Gasteiger partial charge on any atom is 0.231 e. The van der Waals surface area contributed by atoms with Gasteiger partial charge < -0.3 is 25.2 Å². The largest absolute Gasteiger partial charge is 0.376 e. The lowest BCUT2D eigenvalue weighted by atomic mass is 10.2. The summed E-state index contributed by atoms with van der Waals surface area (Å²) < 4.78 is 5.62. The smallest absolute Gasteiger partial charge is 0.231 e. The lowest BCUT2D eigenvalue weighted by Crippen LogP contribution is -2.47. The third-order valence-electron chi connectivity index (χ3n) is 5.31. The molecule has 3 heterocycles. The molecule has 7 nitrogen and oxygen atoms in total. The highest BCUT2D eigenvalue weighted by Crippen LogP contribution is 2.20. The number of para-hydroxylation sites is 1. The number of aromatic nitrogens is 2. The highest BCUT2D eigenvalue weighted by atomic mass is 32.1. The van der Waals surface area contributed by atoms with Crippen LogP contribution in [0.2, 0.25) is 0 Å². The van der Waals surface area contributed by atoms with Crippen molar-refractivity contribution in [3.05, 3.63) is 42.1 Å². The Morgan fingerprint density at radius 2 is 1.90 bits per heavy atom. The van der Waals surface area contributed by atoms with Crippen LogP contribution in [0.5, 0.6) is 0 Å². The molecule has 2 saturated heterocycles. The number of aryl methyl sites for hydroxylation is 1. The van der Waals surface area contributed by atoms with Gasteiger partial charge in [-0.05, 0) is 44.1 Å². The molecular formula is C21H28N6OS. The van der Waals surface area contributed by atoms with Gasteiger partial charge in [0.1, 0.15) is 5.82 Å². The lowest BCUT2D eigenvalue weighted by molar-refractivity contribution is 0.114. The van der Waals surface area contributed by atoms with Crippen molar-refractivity contribution in [1.29, 1.82) is 0 Å². The third kappa shape index (κ3) is 5.33. The van der Waals surface area contributed by atoms with Gasteiger partial charge in [0.2, 0.25) is 5.95 Å². The van der Waals surface area contributed by atoms with E-state index in [0.29, 0.717) is 17.6 Å². The summed E-state index contributed by atoms with van der Waals surface area (Å²) in [7, 11) is 0. The van der Waals surface area contributed by atoms with Gasteiger partial charge in [-0.1, -0.05) is 18.2 Å². The van der Waals surface area contributed by atoms with Crippen molar-refractivity contribution >= 4 is 34.8 Å². The molecule has 0 bridgehead atoms. The summed E-state index contributed by atoms with van der Waals surface area (Å²) in [6.45, 7) is 7.33. The van der Waals surface area contributed by atoms with E-state index in [1.165, 1.54) is 5.69 Å². The first-order valence-corrected chi connectivity index (χ1v) is 10.7. The van der Waals surface area contributed by atoms with Crippen molar-refractivity contribution in [1.82, 2.24) is 15.3 Å². The Balaban J connectivity index is 1.34. The van der Waals surface area contributed by atoms with Crippen LogP contribution >= 0.6 is 12.2 Å². The SMILES string of the molecule is Cc1cc(N2CCN(c3ccccc3)CC2)nc(NC(=S)NC[C@@H]2CCCO2)n1. The molecule has 2 aromatic rings. The number of hydrogen-bond donors (Lipinski definition) is 2. The van der Waals surface area contributed by atoms with Gasteiger partial charge in [0.25, 0.3) is 0 Å². The van der Waals surface area contributed by atoms with E-state index in [1.807, 2.05) is 13.0 Å². The molecule has 1 atom stereocenters. The van der Waals surface area contributed by atoms with Crippen molar-refractivity contribution < 1.29 is 4.74 Å². The van der Waals surface area contributed by atoms with Crippen molar-refractivity contribution in [2.24, 2.45) is 0 Å². The van der Waals surface area contributed by atoms with Crippen LogP contribution in [0.15, 0.2) is 36.4 Å². The standard InChI is InChI=1S/C21H28N6OS/c1-16-14-19(27-11-9-26(10-12-27)17-6-3-2-4-7-17)24-20(23-16)25-21(29)22-15-18-8-5-13-28-18/h2-4,6-7,14,18H,5,8-13,15H2,1H3,(H2,22,23,24,25,29)/t18-/m0/s1. The van der Waals surface area contributed by atoms with Gasteiger partial charge in [0.05, 0.1) is 6.10 Å². The van der Waals surface area contributed by atoms with Crippen LogP contribution in [0.3, 0.4) is 0 Å². The fraction of sp³-hybridized carbons (Fsp3) is 0.476. The Kier molecular flexibility index (Phi) is 6.41. The number of thiocarbonyl (C=S) groups is 1. The number of rotatable bonds is 5. The Morgan fingerprint density at radius 1 is 1.14 bits per heavy atom. The highest BCUT2D eigenvalue weighted by molar-refractivity contribution is 7.80. The monoisotopic (exact) mass is 412 g/mol. The summed E-state index contributed by atoms with van der Waals surface area (Å²) >= 11 is 5.41. The topological polar surface area (TPSA) is 65.5 Å². The maximum absolute atomic E-state index is 5.62. The Bertz CT molecular complexity index is 819. The van der Waals surface area contributed by atoms with E-state index in [2.05, 4.69) is 55.7 Å². The molecular weight excluding hydrogens is 384 g/mol. The van der Waals surface area contributed by atoms with Crippen LogP contribution in [0.4, 0.5) is 17.5 Å². The van der Waals surface area contributed by atoms with Gasteiger partial charge in [-0.2, -0.15) is 4.98 Å². The molecule has 0 spiro atoms. The number of nitrogens with one attached hydrogen (secondary N) is 2. The fourth-order valence-corrected chi connectivity index (χ4v) is 3.93. The summed E-state index contributed by atoms with van der Waals surface area (Å²) in [5.41, 5.74) is 2.20. The minimum Gasteiger partial charge on any atom is -0.376 e. The minimum absolute atomic E-state index is 0.240. The molecule has 4 rings (SSSR count). The van der Waals surface area contributed by atoms with Crippen molar-refractivity contribution in [3.63, 3.8) is 0 Å². The van der Waals surface area contributed by atoms with Crippen LogP contribution in [-0.4, -0.2) is 60.5 Å². The van der Waals surface area contributed by atoms with Gasteiger partial charge in [0.15, 0.2) is 5.11 Å². The summed E-state index contributed by atoms with van der Waals surface area (Å²) in [4.78, 5) is 13.9. The highest BCUT2D eigenvalue weighted by Gasteiger charge is 2.20. The van der Waals surface area contributed by atoms with E-state index >= 15 is 0 Å². The van der Waals surface area contributed by atoms with Crippen molar-refractivity contribution in [3.8, 4) is 0 Å². The third-order valence-corrected chi connectivity index (χ3v) is 5.55. The van der Waals surface area contributed by atoms with E-state index in [0.717, 1.165) is 57.1 Å². The van der Waals surface area contributed by atoms with Crippen molar-refractivity contribution in [2.75, 3.05) is 54.4 Å². The van der Waals surface area contributed by atoms with Crippen LogP contribution in [0.25, 0.3) is 0 Å². The molecule has 2 fully saturated rings. The van der Waals surface area contributed by atoms with Gasteiger partial charge >= 0.3 is 0 Å². The zero-order chi connectivity index (χ0) is 20.1. The first-order chi connectivity index (χ1) is 14.2. The number of anilines is 3. The van der Waals surface area contributed by atoms with Gasteiger partial charge in [-0.25, -0.2) is 4.98 Å². The zero-order valence-corrected chi connectivity index (χ0v) is 17.6. The zero-order valence-electron chi connectivity index (χ0n) is 16.8. The molecule has 0 aliphatic carbocycles. The molecule has 29 heavy (non-hydrogen) atoms. The normalized spacial score (nSPS) is 19.3. The number of nitrogens with zero attached hydrogens (tertiary/aromatic N) is 4. The lowest BCUT2D eigenvalue weighted by Gasteiger charge is -2.36. The molecule has 2 aliphatic heterocycles. The van der Waals surface area contributed by atoms with Crippen LogP contribution < -0.4 is 20.4 Å². The first-order valence-electron chi connectivity index (χ1n) is 10.2. The molecule has 0 amide bonds. The van der Waals surface area contributed by atoms with E-state index < -0.39 is 0 Å². The van der Waals surface area contributed by atoms with Gasteiger partial charge in [-0.15, -0.1) is 0 Å². The Hall–Kier alpha value is -2.45. The average Bonchev–Trinajstić information content (AvgIpc) is 3.26. The molecule has 0 saturated carbocycles. The summed E-state index contributed by atoms with van der Waals surface area (Å²) in [6, 6.07) is 12.6. The second-order valence-electron chi connectivity index (χ2n) is 7.47. The Morgan fingerprint density at radius 3 is 2.62 bits per heavy atom. The molecule has 2 aliphatic rings. The number of piperazine rings is 1. The second-order valence-corrected chi connectivity index (χ2v) is 7.88. The fourth-order valence-electron chi connectivity index (χ4n) is 3.76. The molecule has 0 unspecified atom stereocenters. The minimum atomic E-state index is 0.240. The molecule has 154 valence electrons. The summed E-state index contributed by atoms with van der Waals surface area (Å²) in [6.07, 6.45) is 2.44.